The van der Waals surface area contributed by atoms with Gasteiger partial charge in [-0.05, 0) is 12.1 Å². The number of nitrogens with zero attached hydrogens (tertiary/aromatic N) is 2. The molecule has 1 aromatic carbocycles. The number of aromatic nitrogens is 1. The lowest BCUT2D eigenvalue weighted by atomic mass is 10.2. The monoisotopic (exact) mass is 301 g/mol. The molecular weight excluding hydrogens is 294 g/mol. The second-order valence-electron chi connectivity index (χ2n) is 2.88. The van der Waals surface area contributed by atoms with Crippen LogP contribution in [0.3, 0.4) is 0 Å². The molecule has 5 nitrogen and oxygen atoms in total. The molecule has 0 bridgehead atoms. The molecule has 7 heteroatoms. The van der Waals surface area contributed by atoms with Crippen molar-refractivity contribution in [3.05, 3.63) is 39.8 Å². The van der Waals surface area contributed by atoms with Crippen LogP contribution in [-0.4, -0.2) is 9.91 Å². The quantitative estimate of drug-likeness (QED) is 0.683. The van der Waals surface area contributed by atoms with E-state index in [4.69, 9.17) is 5.73 Å². The lowest BCUT2D eigenvalue weighted by molar-refractivity contribution is -0.384. The van der Waals surface area contributed by atoms with Crippen molar-refractivity contribution in [3.8, 4) is 10.6 Å². The molecule has 0 amide bonds. The number of thiazole rings is 1. The van der Waals surface area contributed by atoms with Gasteiger partial charge >= 0.3 is 0 Å². The Labute approximate surface area is 106 Å². The van der Waals surface area contributed by atoms with Gasteiger partial charge in [-0.1, -0.05) is 0 Å². The summed E-state index contributed by atoms with van der Waals surface area (Å²) in [4.78, 5) is 14.1. The van der Waals surface area contributed by atoms with Crippen molar-refractivity contribution in [1.82, 2.24) is 4.98 Å². The summed E-state index contributed by atoms with van der Waals surface area (Å²) >= 11 is 1.41. The second kappa shape index (κ2) is 5.04. The zero-order chi connectivity index (χ0) is 10.8. The van der Waals surface area contributed by atoms with Crippen LogP contribution in [0.4, 0.5) is 11.5 Å². The summed E-state index contributed by atoms with van der Waals surface area (Å²) in [6.07, 6.45) is 0. The molecule has 1 aromatic heterocycles. The molecule has 0 radical (unpaired) electrons. The van der Waals surface area contributed by atoms with Crippen molar-refractivity contribution >= 4 is 39.8 Å². The molecule has 0 aliphatic rings. The number of nitrogens with two attached hydrogens (primary N) is 1. The summed E-state index contributed by atoms with van der Waals surface area (Å²) < 4.78 is 0. The molecular formula is C9H8BrN3O2S. The average molecular weight is 302 g/mol. The lowest BCUT2D eigenvalue weighted by Crippen LogP contribution is -1.87. The van der Waals surface area contributed by atoms with Crippen LogP contribution in [-0.2, 0) is 0 Å². The van der Waals surface area contributed by atoms with Crippen molar-refractivity contribution in [2.45, 2.75) is 0 Å². The van der Waals surface area contributed by atoms with E-state index in [1.807, 2.05) is 0 Å². The number of rotatable bonds is 2. The maximum atomic E-state index is 10.4. The molecule has 2 aromatic rings. The van der Waals surface area contributed by atoms with E-state index in [1.165, 1.54) is 23.5 Å². The first kappa shape index (κ1) is 12.6. The van der Waals surface area contributed by atoms with Gasteiger partial charge in [-0.15, -0.1) is 28.3 Å². The van der Waals surface area contributed by atoms with Crippen molar-refractivity contribution < 1.29 is 4.92 Å². The fourth-order valence-corrected chi connectivity index (χ4v) is 1.86. The molecule has 0 saturated carbocycles. The minimum Gasteiger partial charge on any atom is -0.383 e. The van der Waals surface area contributed by atoms with Crippen molar-refractivity contribution in [2.75, 3.05) is 5.73 Å². The number of hydrogen-bond donors (Lipinski definition) is 1. The third-order valence-electron chi connectivity index (χ3n) is 1.85. The lowest BCUT2D eigenvalue weighted by Gasteiger charge is -1.95. The first-order valence-electron chi connectivity index (χ1n) is 4.12. The van der Waals surface area contributed by atoms with Crippen molar-refractivity contribution in [1.29, 1.82) is 0 Å². The van der Waals surface area contributed by atoms with E-state index in [-0.39, 0.29) is 22.7 Å². The van der Waals surface area contributed by atoms with E-state index < -0.39 is 4.92 Å². The topological polar surface area (TPSA) is 82.0 Å². The number of nitrogen functional groups attached to an aromatic ring is 1. The molecule has 16 heavy (non-hydrogen) atoms. The molecule has 0 unspecified atom stereocenters. The molecule has 0 fully saturated rings. The Balaban J connectivity index is 0.00000128. The Morgan fingerprint density at radius 1 is 1.31 bits per heavy atom. The summed E-state index contributed by atoms with van der Waals surface area (Å²) in [6, 6.07) is 6.23. The summed E-state index contributed by atoms with van der Waals surface area (Å²) in [5.41, 5.74) is 6.39. The standard InChI is InChI=1S/C9H7N3O2S.BrH/c10-8-5-15-9(11-8)6-1-3-7(4-2-6)12(13)14;/h1-5H,10H2;1H. The van der Waals surface area contributed by atoms with Crippen LogP contribution in [0.1, 0.15) is 0 Å². The summed E-state index contributed by atoms with van der Waals surface area (Å²) in [6.45, 7) is 0. The molecule has 2 rings (SSSR count). The van der Waals surface area contributed by atoms with Gasteiger partial charge in [0.2, 0.25) is 0 Å². The van der Waals surface area contributed by atoms with Gasteiger partial charge in [0.15, 0.2) is 0 Å². The van der Waals surface area contributed by atoms with Crippen LogP contribution in [0.15, 0.2) is 29.6 Å². The zero-order valence-electron chi connectivity index (χ0n) is 7.99. The third-order valence-corrected chi connectivity index (χ3v) is 2.76. The molecule has 84 valence electrons. The van der Waals surface area contributed by atoms with Crippen molar-refractivity contribution in [2.24, 2.45) is 0 Å². The minimum absolute atomic E-state index is 0. The number of non-ortho nitro benzene ring substituents is 1. The second-order valence-corrected chi connectivity index (χ2v) is 3.74. The predicted octanol–water partition coefficient (Wildman–Crippen LogP) is 2.88. The molecule has 0 saturated heterocycles. The molecule has 2 N–H and O–H groups in total. The van der Waals surface area contributed by atoms with Gasteiger partial charge in [0.05, 0.1) is 4.92 Å². The van der Waals surface area contributed by atoms with E-state index in [1.54, 1.807) is 17.5 Å². The van der Waals surface area contributed by atoms with E-state index in [0.717, 1.165) is 10.6 Å². The van der Waals surface area contributed by atoms with Crippen LogP contribution in [0.25, 0.3) is 10.6 Å². The normalized spacial score (nSPS) is 9.50. The van der Waals surface area contributed by atoms with E-state index >= 15 is 0 Å². The van der Waals surface area contributed by atoms with E-state index in [2.05, 4.69) is 4.98 Å². The fourth-order valence-electron chi connectivity index (χ4n) is 1.14. The molecule has 1 heterocycles. The molecule has 0 aliphatic heterocycles. The summed E-state index contributed by atoms with van der Waals surface area (Å²) in [5.74, 6) is 0.466. The summed E-state index contributed by atoms with van der Waals surface area (Å²) in [7, 11) is 0. The number of anilines is 1. The van der Waals surface area contributed by atoms with Gasteiger partial charge in [-0.2, -0.15) is 0 Å². The Kier molecular flexibility index (Phi) is 3.97. The molecule has 0 atom stereocenters. The SMILES string of the molecule is Br.Nc1csc(-c2ccc([N+](=O)[O-])cc2)n1. The smallest absolute Gasteiger partial charge is 0.269 e. The Morgan fingerprint density at radius 3 is 2.38 bits per heavy atom. The molecule has 0 spiro atoms. The molecule has 0 aliphatic carbocycles. The predicted molar refractivity (Wildman–Crippen MR) is 68.9 cm³/mol. The number of benzene rings is 1. The van der Waals surface area contributed by atoms with Gasteiger partial charge in [-0.3, -0.25) is 10.1 Å². The number of hydrogen-bond acceptors (Lipinski definition) is 5. The first-order chi connectivity index (χ1) is 7.16. The van der Waals surface area contributed by atoms with Gasteiger partial charge < -0.3 is 5.73 Å². The summed E-state index contributed by atoms with van der Waals surface area (Å²) in [5, 5.41) is 12.9. The number of nitro groups is 1. The van der Waals surface area contributed by atoms with Crippen LogP contribution in [0.5, 0.6) is 0 Å². The Morgan fingerprint density at radius 2 is 1.94 bits per heavy atom. The fraction of sp³-hybridized carbons (Fsp3) is 0. The number of nitro benzene ring substituents is 1. The average Bonchev–Trinajstić information content (AvgIpc) is 2.65. The zero-order valence-corrected chi connectivity index (χ0v) is 10.5. The maximum absolute atomic E-state index is 10.4. The van der Waals surface area contributed by atoms with Gasteiger partial charge in [-0.25, -0.2) is 4.98 Å². The Hall–Kier alpha value is -1.47. The highest BCUT2D eigenvalue weighted by Gasteiger charge is 2.07. The van der Waals surface area contributed by atoms with E-state index in [0.29, 0.717) is 5.82 Å². The third kappa shape index (κ3) is 2.56. The van der Waals surface area contributed by atoms with Crippen molar-refractivity contribution in [3.63, 3.8) is 0 Å². The van der Waals surface area contributed by atoms with Gasteiger partial charge in [0.1, 0.15) is 10.8 Å². The largest absolute Gasteiger partial charge is 0.383 e. The highest BCUT2D eigenvalue weighted by atomic mass is 79.9. The van der Waals surface area contributed by atoms with Gasteiger partial charge in [0.25, 0.3) is 5.69 Å². The highest BCUT2D eigenvalue weighted by Crippen LogP contribution is 2.26. The van der Waals surface area contributed by atoms with Crippen LogP contribution in [0.2, 0.25) is 0 Å². The maximum Gasteiger partial charge on any atom is 0.269 e. The minimum atomic E-state index is -0.431. The highest BCUT2D eigenvalue weighted by molar-refractivity contribution is 8.93. The van der Waals surface area contributed by atoms with E-state index in [9.17, 15) is 10.1 Å². The van der Waals surface area contributed by atoms with Crippen LogP contribution < -0.4 is 5.73 Å². The van der Waals surface area contributed by atoms with Crippen LogP contribution >= 0.6 is 28.3 Å². The Bertz CT molecular complexity index is 498. The van der Waals surface area contributed by atoms with Gasteiger partial charge in [0, 0.05) is 23.1 Å². The number of halogens is 1. The van der Waals surface area contributed by atoms with Crippen LogP contribution in [0, 0.1) is 10.1 Å². The first-order valence-corrected chi connectivity index (χ1v) is 5.00.